The van der Waals surface area contributed by atoms with Gasteiger partial charge in [0.15, 0.2) is 0 Å². The largest absolute Gasteiger partial charge is 0.501 e. The van der Waals surface area contributed by atoms with Crippen LogP contribution in [-0.2, 0) is 10.7 Å². The molecule has 0 N–H and O–H groups in total. The molecule has 0 aliphatic rings. The maximum Gasteiger partial charge on any atom is 0.501 e. The molecular formula is C13H7Cl2F3N2O4P+. The molecule has 6 nitrogen and oxygen atoms in total. The van der Waals surface area contributed by atoms with E-state index in [1.165, 1.54) is 6.92 Å². The van der Waals surface area contributed by atoms with Gasteiger partial charge in [0.2, 0.25) is 17.1 Å². The van der Waals surface area contributed by atoms with Gasteiger partial charge in [-0.05, 0) is 23.1 Å². The molecule has 0 amide bonds. The van der Waals surface area contributed by atoms with Gasteiger partial charge in [0.25, 0.3) is 5.30 Å². The van der Waals surface area contributed by atoms with Gasteiger partial charge >= 0.3 is 19.0 Å². The monoisotopic (exact) mass is 413 g/mol. The van der Waals surface area contributed by atoms with E-state index >= 15 is 0 Å². The van der Waals surface area contributed by atoms with Crippen molar-refractivity contribution in [3.05, 3.63) is 50.7 Å². The van der Waals surface area contributed by atoms with Crippen molar-refractivity contribution in [2.24, 2.45) is 0 Å². The lowest BCUT2D eigenvalue weighted by Gasteiger charge is -2.11. The van der Waals surface area contributed by atoms with Crippen LogP contribution in [0.15, 0.2) is 24.4 Å². The number of ether oxygens (including phenoxy) is 1. The van der Waals surface area contributed by atoms with Crippen LogP contribution in [0, 0.1) is 17.0 Å². The van der Waals surface area contributed by atoms with E-state index in [1.807, 2.05) is 0 Å². The highest BCUT2D eigenvalue weighted by Gasteiger charge is 2.33. The molecule has 0 saturated heterocycles. The lowest BCUT2D eigenvalue weighted by Crippen LogP contribution is -2.07. The Morgan fingerprint density at radius 2 is 1.96 bits per heavy atom. The van der Waals surface area contributed by atoms with Crippen LogP contribution in [0.3, 0.4) is 0 Å². The van der Waals surface area contributed by atoms with Crippen LogP contribution in [0.25, 0.3) is 0 Å². The Morgan fingerprint density at radius 3 is 2.44 bits per heavy atom. The van der Waals surface area contributed by atoms with Crippen molar-refractivity contribution in [1.29, 1.82) is 0 Å². The SMILES string of the molecule is Cc1cc([N+](=O)[O-])c([P+](=O)Cl)cc1Oc1ncc(C(F)(F)F)cc1Cl. The highest BCUT2D eigenvalue weighted by molar-refractivity contribution is 7.80. The van der Waals surface area contributed by atoms with Crippen LogP contribution in [-0.4, -0.2) is 9.91 Å². The van der Waals surface area contributed by atoms with Crippen LogP contribution in [0.5, 0.6) is 11.6 Å². The lowest BCUT2D eigenvalue weighted by molar-refractivity contribution is -0.383. The summed E-state index contributed by atoms with van der Waals surface area (Å²) in [7, 11) is -2.58. The van der Waals surface area contributed by atoms with Crippen molar-refractivity contribution in [3.8, 4) is 11.6 Å². The minimum Gasteiger partial charge on any atom is -0.437 e. The zero-order chi connectivity index (χ0) is 18.9. The number of rotatable bonds is 4. The second-order valence-corrected chi connectivity index (χ2v) is 7.02. The Hall–Kier alpha value is -1.96. The van der Waals surface area contributed by atoms with E-state index in [4.69, 9.17) is 27.6 Å². The number of aryl methyl sites for hydroxylation is 1. The zero-order valence-electron chi connectivity index (χ0n) is 12.2. The summed E-state index contributed by atoms with van der Waals surface area (Å²) in [6.07, 6.45) is -4.09. The maximum atomic E-state index is 12.6. The first-order valence-corrected chi connectivity index (χ1v) is 8.87. The molecule has 1 heterocycles. The van der Waals surface area contributed by atoms with E-state index in [0.29, 0.717) is 12.3 Å². The molecule has 132 valence electrons. The Balaban J connectivity index is 2.46. The van der Waals surface area contributed by atoms with Gasteiger partial charge in [-0.1, -0.05) is 11.6 Å². The predicted molar refractivity (Wildman–Crippen MR) is 85.2 cm³/mol. The second-order valence-electron chi connectivity index (χ2n) is 4.72. The molecule has 0 aliphatic carbocycles. The van der Waals surface area contributed by atoms with E-state index in [0.717, 1.165) is 12.1 Å². The van der Waals surface area contributed by atoms with E-state index < -0.39 is 34.5 Å². The first kappa shape index (κ1) is 19.4. The predicted octanol–water partition coefficient (Wildman–Crippen LogP) is 5.37. The molecule has 1 atom stereocenters. The molecule has 1 aromatic carbocycles. The summed E-state index contributed by atoms with van der Waals surface area (Å²) in [4.78, 5) is 13.7. The molecule has 12 heteroatoms. The number of pyridine rings is 1. The van der Waals surface area contributed by atoms with Crippen molar-refractivity contribution in [2.75, 3.05) is 0 Å². The van der Waals surface area contributed by atoms with Gasteiger partial charge in [0.1, 0.15) is 10.8 Å². The van der Waals surface area contributed by atoms with Gasteiger partial charge < -0.3 is 4.74 Å². The second kappa shape index (κ2) is 7.11. The molecule has 0 fully saturated rings. The average Bonchev–Trinajstić information content (AvgIpc) is 2.49. The summed E-state index contributed by atoms with van der Waals surface area (Å²) in [5.74, 6) is -0.374. The van der Waals surface area contributed by atoms with Crippen molar-refractivity contribution in [3.63, 3.8) is 0 Å². The molecule has 0 spiro atoms. The van der Waals surface area contributed by atoms with Gasteiger partial charge in [-0.3, -0.25) is 10.1 Å². The summed E-state index contributed by atoms with van der Waals surface area (Å²) < 4.78 is 54.6. The van der Waals surface area contributed by atoms with E-state index in [2.05, 4.69) is 4.98 Å². The minimum absolute atomic E-state index is 0.0289. The van der Waals surface area contributed by atoms with Crippen LogP contribution in [0.2, 0.25) is 5.02 Å². The molecule has 1 unspecified atom stereocenters. The number of nitro groups is 1. The molecule has 25 heavy (non-hydrogen) atoms. The fourth-order valence-corrected chi connectivity index (χ4v) is 2.97. The highest BCUT2D eigenvalue weighted by Crippen LogP contribution is 2.38. The smallest absolute Gasteiger partial charge is 0.437 e. The average molecular weight is 414 g/mol. The van der Waals surface area contributed by atoms with Gasteiger partial charge in [-0.25, -0.2) is 4.98 Å². The standard InChI is InChI=1S/C13H7Cl2F3N2O4P/c1-6-2-9(20(21)22)11(25(15)23)4-10(6)24-12-8(14)3-7(5-19-12)13(16,17)18/h2-5H,1H3/q+1. The number of benzene rings is 1. The highest BCUT2D eigenvalue weighted by atomic mass is 35.7. The molecule has 0 saturated carbocycles. The van der Waals surface area contributed by atoms with E-state index in [9.17, 15) is 27.9 Å². The quantitative estimate of drug-likeness (QED) is 0.382. The molecule has 2 rings (SSSR count). The Bertz CT molecular complexity index is 877. The van der Waals surface area contributed by atoms with E-state index in [1.54, 1.807) is 0 Å². The number of hydrogen-bond donors (Lipinski definition) is 0. The molecule has 1 aromatic heterocycles. The summed E-state index contributed by atoms with van der Waals surface area (Å²) in [6, 6.07) is 2.78. The number of aromatic nitrogens is 1. The topological polar surface area (TPSA) is 82.3 Å². The molecular weight excluding hydrogens is 407 g/mol. The van der Waals surface area contributed by atoms with Crippen LogP contribution in [0.4, 0.5) is 18.9 Å². The molecule has 0 bridgehead atoms. The Morgan fingerprint density at radius 1 is 1.32 bits per heavy atom. The normalized spacial score (nSPS) is 12.0. The zero-order valence-corrected chi connectivity index (χ0v) is 14.6. The van der Waals surface area contributed by atoms with Crippen molar-refractivity contribution >= 4 is 41.0 Å². The van der Waals surface area contributed by atoms with Crippen molar-refractivity contribution < 1.29 is 27.4 Å². The minimum atomic E-state index is -4.62. The number of nitrogens with zero attached hydrogens (tertiary/aromatic N) is 2. The number of alkyl halides is 3. The van der Waals surface area contributed by atoms with Gasteiger partial charge in [0, 0.05) is 18.3 Å². The molecule has 0 aliphatic heterocycles. The van der Waals surface area contributed by atoms with Crippen LogP contribution >= 0.6 is 30.0 Å². The Kier molecular flexibility index (Phi) is 5.51. The number of hydrogen-bond acceptors (Lipinski definition) is 5. The van der Waals surface area contributed by atoms with E-state index in [-0.39, 0.29) is 22.5 Å². The summed E-state index contributed by atoms with van der Waals surface area (Å²) >= 11 is 11.2. The third-order valence-corrected chi connectivity index (χ3v) is 4.55. The first-order chi connectivity index (χ1) is 11.5. The molecule has 0 radical (unpaired) electrons. The van der Waals surface area contributed by atoms with Gasteiger partial charge in [-0.2, -0.15) is 13.2 Å². The summed E-state index contributed by atoms with van der Waals surface area (Å²) in [5.41, 5.74) is -1.27. The van der Waals surface area contributed by atoms with Gasteiger partial charge in [-0.15, -0.1) is 0 Å². The fraction of sp³-hybridized carbons (Fsp3) is 0.154. The first-order valence-electron chi connectivity index (χ1n) is 6.33. The summed E-state index contributed by atoms with van der Waals surface area (Å²) in [5, 5.41) is 10.3. The van der Waals surface area contributed by atoms with Gasteiger partial charge in [0.05, 0.1) is 10.5 Å². The number of halogens is 5. The maximum absolute atomic E-state index is 12.6. The van der Waals surface area contributed by atoms with Crippen molar-refractivity contribution in [2.45, 2.75) is 13.1 Å². The fourth-order valence-electron chi connectivity index (χ4n) is 1.82. The number of nitro benzene ring substituents is 1. The lowest BCUT2D eigenvalue weighted by atomic mass is 10.2. The third-order valence-electron chi connectivity index (χ3n) is 3.00. The van der Waals surface area contributed by atoms with Crippen LogP contribution in [0.1, 0.15) is 11.1 Å². The summed E-state index contributed by atoms with van der Waals surface area (Å²) in [6.45, 7) is 1.45. The molecule has 2 aromatic rings. The van der Waals surface area contributed by atoms with Crippen LogP contribution < -0.4 is 10.0 Å². The third kappa shape index (κ3) is 4.36. The van der Waals surface area contributed by atoms with Crippen molar-refractivity contribution in [1.82, 2.24) is 4.98 Å². The Labute approximate surface area is 149 Å².